The smallest absolute Gasteiger partial charge is 0.410 e. The average Bonchev–Trinajstić information content (AvgIpc) is 3.43. The Labute approximate surface area is 274 Å². The number of carbonyl (C=O) groups is 1. The summed E-state index contributed by atoms with van der Waals surface area (Å²) in [5.41, 5.74) is 2.12. The highest BCUT2D eigenvalue weighted by atomic mass is 28.4. The summed E-state index contributed by atoms with van der Waals surface area (Å²) >= 11 is 0. The minimum Gasteiger partial charge on any atom is -0.444 e. The van der Waals surface area contributed by atoms with Crippen molar-refractivity contribution in [2.24, 2.45) is 0 Å². The molecule has 1 amide bonds. The lowest BCUT2D eigenvalue weighted by molar-refractivity contribution is 0.0173. The van der Waals surface area contributed by atoms with Crippen LogP contribution in [0.1, 0.15) is 110 Å². The van der Waals surface area contributed by atoms with Gasteiger partial charge in [-0.15, -0.1) is 0 Å². The van der Waals surface area contributed by atoms with Crippen molar-refractivity contribution in [3.8, 4) is 0 Å². The van der Waals surface area contributed by atoms with Crippen LogP contribution in [-0.4, -0.2) is 44.1 Å². The molecule has 4 nitrogen and oxygen atoms in total. The van der Waals surface area contributed by atoms with Crippen LogP contribution >= 0.6 is 0 Å². The Morgan fingerprint density at radius 1 is 0.778 bits per heavy atom. The molecule has 0 aliphatic carbocycles. The molecule has 0 aromatic heterocycles. The fraction of sp³-hybridized carbons (Fsp3) is 0.525. The molecule has 45 heavy (non-hydrogen) atoms. The zero-order chi connectivity index (χ0) is 32.5. The second kappa shape index (κ2) is 15.6. The van der Waals surface area contributed by atoms with Crippen molar-refractivity contribution in [2.45, 2.75) is 122 Å². The van der Waals surface area contributed by atoms with Crippen molar-refractivity contribution in [3.63, 3.8) is 0 Å². The van der Waals surface area contributed by atoms with E-state index in [2.05, 4.69) is 113 Å². The van der Waals surface area contributed by atoms with Crippen LogP contribution in [-0.2, 0) is 15.6 Å². The predicted molar refractivity (Wildman–Crippen MR) is 191 cm³/mol. The molecule has 4 rings (SSSR count). The topological polar surface area (TPSA) is 38.8 Å². The number of amides is 1. The van der Waals surface area contributed by atoms with E-state index in [0.29, 0.717) is 13.2 Å². The maximum absolute atomic E-state index is 13.6. The van der Waals surface area contributed by atoms with Crippen LogP contribution in [0.3, 0.4) is 0 Å². The zero-order valence-electron chi connectivity index (χ0n) is 29.0. The van der Waals surface area contributed by atoms with Crippen LogP contribution in [0.25, 0.3) is 0 Å². The minimum atomic E-state index is -2.77. The van der Waals surface area contributed by atoms with Gasteiger partial charge in [-0.3, -0.25) is 0 Å². The third kappa shape index (κ3) is 8.89. The lowest BCUT2D eigenvalue weighted by atomic mass is 9.91. The van der Waals surface area contributed by atoms with Gasteiger partial charge in [0.25, 0.3) is 8.32 Å². The zero-order valence-corrected chi connectivity index (χ0v) is 30.0. The van der Waals surface area contributed by atoms with E-state index in [1.165, 1.54) is 60.0 Å². The van der Waals surface area contributed by atoms with Gasteiger partial charge in [0, 0.05) is 12.5 Å². The number of ether oxygens (including phenoxy) is 1. The molecule has 3 aromatic rings. The Hall–Kier alpha value is -2.89. The van der Waals surface area contributed by atoms with Gasteiger partial charge in [-0.25, -0.2) is 4.79 Å². The van der Waals surface area contributed by atoms with E-state index < -0.39 is 13.9 Å². The fourth-order valence-corrected chi connectivity index (χ4v) is 11.6. The van der Waals surface area contributed by atoms with Crippen molar-refractivity contribution >= 4 is 24.8 Å². The summed E-state index contributed by atoms with van der Waals surface area (Å²) in [5, 5.41) is 2.36. The van der Waals surface area contributed by atoms with Gasteiger partial charge in [-0.05, 0) is 66.6 Å². The van der Waals surface area contributed by atoms with Crippen molar-refractivity contribution < 1.29 is 14.0 Å². The molecule has 1 fully saturated rings. The Balaban J connectivity index is 1.63. The van der Waals surface area contributed by atoms with Crippen LogP contribution in [0.15, 0.2) is 84.9 Å². The second-order valence-electron chi connectivity index (χ2n) is 14.9. The highest BCUT2D eigenvalue weighted by Gasteiger charge is 2.51. The predicted octanol–water partition coefficient (Wildman–Crippen LogP) is 9.26. The lowest BCUT2D eigenvalue weighted by Crippen LogP contribution is -2.67. The van der Waals surface area contributed by atoms with Gasteiger partial charge >= 0.3 is 6.09 Å². The van der Waals surface area contributed by atoms with E-state index in [0.717, 1.165) is 12.8 Å². The van der Waals surface area contributed by atoms with E-state index >= 15 is 0 Å². The van der Waals surface area contributed by atoms with Gasteiger partial charge in [0.15, 0.2) is 0 Å². The van der Waals surface area contributed by atoms with Gasteiger partial charge in [0.1, 0.15) is 5.60 Å². The molecule has 1 heterocycles. The number of benzene rings is 3. The normalized spacial score (nSPS) is 17.4. The molecule has 1 aliphatic heterocycles. The molecule has 1 aliphatic rings. The Bertz CT molecular complexity index is 1270. The molecule has 2 atom stereocenters. The van der Waals surface area contributed by atoms with Crippen LogP contribution in [0.2, 0.25) is 5.04 Å². The molecule has 0 N–H and O–H groups in total. The highest BCUT2D eigenvalue weighted by Crippen LogP contribution is 2.40. The van der Waals surface area contributed by atoms with Crippen molar-refractivity contribution in [2.75, 3.05) is 13.2 Å². The summed E-state index contributed by atoms with van der Waals surface area (Å²) in [6, 6.07) is 30.6. The van der Waals surface area contributed by atoms with Gasteiger partial charge in [0.2, 0.25) is 0 Å². The van der Waals surface area contributed by atoms with Crippen LogP contribution < -0.4 is 10.4 Å². The molecular weight excluding hydrogens is 571 g/mol. The number of carbonyl (C=O) groups excluding carboxylic acids is 1. The summed E-state index contributed by atoms with van der Waals surface area (Å²) in [7, 11) is -2.77. The summed E-state index contributed by atoms with van der Waals surface area (Å²) < 4.78 is 13.4. The van der Waals surface area contributed by atoms with E-state index in [1.54, 1.807) is 0 Å². The number of hydrogen-bond donors (Lipinski definition) is 0. The highest BCUT2D eigenvalue weighted by molar-refractivity contribution is 6.99. The molecule has 5 heteroatoms. The first-order valence-corrected chi connectivity index (χ1v) is 19.2. The summed E-state index contributed by atoms with van der Waals surface area (Å²) in [6.07, 6.45) is 9.64. The Morgan fingerprint density at radius 2 is 1.33 bits per heavy atom. The van der Waals surface area contributed by atoms with Crippen LogP contribution in [0, 0.1) is 0 Å². The molecule has 0 spiro atoms. The van der Waals surface area contributed by atoms with Crippen molar-refractivity contribution in [1.82, 2.24) is 4.90 Å². The number of aryl methyl sites for hydroxylation is 1. The van der Waals surface area contributed by atoms with Gasteiger partial charge < -0.3 is 14.1 Å². The average molecular weight is 628 g/mol. The van der Waals surface area contributed by atoms with Crippen LogP contribution in [0.4, 0.5) is 4.79 Å². The maximum atomic E-state index is 13.6. The molecule has 0 radical (unpaired) electrons. The molecule has 1 saturated heterocycles. The number of unbranched alkanes of at least 4 members (excludes halogenated alkanes) is 5. The number of nitrogens with zero attached hydrogens (tertiary/aromatic N) is 1. The monoisotopic (exact) mass is 627 g/mol. The number of likely N-dealkylation sites (tertiary alicyclic amines) is 1. The largest absolute Gasteiger partial charge is 0.444 e. The number of rotatable bonds is 13. The van der Waals surface area contributed by atoms with E-state index in [9.17, 15) is 4.79 Å². The van der Waals surface area contributed by atoms with Gasteiger partial charge in [-0.1, -0.05) is 145 Å². The molecule has 0 saturated carbocycles. The summed E-state index contributed by atoms with van der Waals surface area (Å²) in [4.78, 5) is 15.6. The Kier molecular flexibility index (Phi) is 12.1. The van der Waals surface area contributed by atoms with Gasteiger partial charge in [0.05, 0.1) is 12.6 Å². The van der Waals surface area contributed by atoms with E-state index in [-0.39, 0.29) is 23.1 Å². The lowest BCUT2D eigenvalue weighted by Gasteiger charge is -2.44. The third-order valence-electron chi connectivity index (χ3n) is 9.29. The van der Waals surface area contributed by atoms with Crippen LogP contribution in [0.5, 0.6) is 0 Å². The summed E-state index contributed by atoms with van der Waals surface area (Å²) in [5.74, 6) is 0.179. The summed E-state index contributed by atoms with van der Waals surface area (Å²) in [6.45, 7) is 16.1. The standard InChI is InChI=1S/C40H57NO3Si/c1-8-9-10-11-12-15-20-32-25-27-33(28-26-32)36-29-30-41(38(42)44-39(2,3)4)37(36)31-43-45(40(5,6)7,34-21-16-13-17-22-34)35-23-18-14-19-24-35/h13-14,16-19,21-28,36-37H,8-12,15,20,29-31H2,1-7H3/t36-,37-/m1/s1. The Morgan fingerprint density at radius 3 is 1.87 bits per heavy atom. The van der Waals surface area contributed by atoms with Crippen molar-refractivity contribution in [1.29, 1.82) is 0 Å². The third-order valence-corrected chi connectivity index (χ3v) is 14.3. The maximum Gasteiger partial charge on any atom is 0.410 e. The van der Waals surface area contributed by atoms with Gasteiger partial charge in [-0.2, -0.15) is 0 Å². The minimum absolute atomic E-state index is 0.120. The van der Waals surface area contributed by atoms with E-state index in [1.807, 2.05) is 25.7 Å². The molecule has 3 aromatic carbocycles. The first-order chi connectivity index (χ1) is 21.5. The molecule has 244 valence electrons. The molecule has 0 bridgehead atoms. The SMILES string of the molecule is CCCCCCCCc1ccc([C@H]2CCN(C(=O)OC(C)(C)C)[C@@H]2CO[Si](c2ccccc2)(c2ccccc2)C(C)(C)C)cc1. The second-order valence-corrected chi connectivity index (χ2v) is 19.2. The quantitative estimate of drug-likeness (QED) is 0.140. The first-order valence-electron chi connectivity index (χ1n) is 17.3. The number of hydrogen-bond acceptors (Lipinski definition) is 3. The molecular formula is C40H57NO3Si. The van der Waals surface area contributed by atoms with Crippen molar-refractivity contribution in [3.05, 3.63) is 96.1 Å². The van der Waals surface area contributed by atoms with E-state index in [4.69, 9.17) is 9.16 Å². The fourth-order valence-electron chi connectivity index (χ4n) is 7.01. The first kappa shape index (κ1) is 35.0. The molecule has 0 unspecified atom stereocenters.